The molecule has 2 heterocycles. The molecule has 4 aromatic rings. The largest absolute Gasteiger partial charge is 0.382 e. The first-order valence-electron chi connectivity index (χ1n) is 11.2. The fourth-order valence-corrected chi connectivity index (χ4v) is 4.67. The molecule has 1 saturated carbocycles. The van der Waals surface area contributed by atoms with Gasteiger partial charge in [-0.1, -0.05) is 43.2 Å². The number of hydrogen-bond acceptors (Lipinski definition) is 5. The van der Waals surface area contributed by atoms with Crippen LogP contribution in [0.4, 0.5) is 5.82 Å². The molecule has 5 rings (SSSR count). The van der Waals surface area contributed by atoms with Crippen LogP contribution in [0.2, 0.25) is 0 Å². The molecule has 0 atom stereocenters. The monoisotopic (exact) mass is 442 g/mol. The molecule has 1 amide bonds. The Bertz CT molecular complexity index is 1380. The summed E-state index contributed by atoms with van der Waals surface area (Å²) < 4.78 is 3.37. The number of hydrogen-bond donors (Lipinski definition) is 2. The molecule has 0 saturated heterocycles. The van der Waals surface area contributed by atoms with Crippen LogP contribution >= 0.6 is 0 Å². The van der Waals surface area contributed by atoms with Crippen LogP contribution in [0.25, 0.3) is 16.9 Å². The summed E-state index contributed by atoms with van der Waals surface area (Å²) in [5.41, 5.74) is 10.4. The van der Waals surface area contributed by atoms with Gasteiger partial charge in [0.2, 0.25) is 0 Å². The van der Waals surface area contributed by atoms with E-state index >= 15 is 0 Å². The molecule has 0 aliphatic heterocycles. The number of anilines is 1. The van der Waals surface area contributed by atoms with E-state index in [1.54, 1.807) is 9.13 Å². The molecule has 1 fully saturated rings. The second kappa shape index (κ2) is 8.54. The molecule has 0 spiro atoms. The number of fused-ring (bicyclic) bond motifs is 1. The molecular formula is C25H26N6O2. The number of aromatic nitrogens is 4. The molecule has 2 aromatic carbocycles. The maximum Gasteiger partial charge on any atom is 0.335 e. The molecule has 33 heavy (non-hydrogen) atoms. The Labute approximate surface area is 191 Å². The van der Waals surface area contributed by atoms with Gasteiger partial charge in [0.15, 0.2) is 11.5 Å². The summed E-state index contributed by atoms with van der Waals surface area (Å²) in [5, 5.41) is 2.96. The number of imidazole rings is 1. The van der Waals surface area contributed by atoms with Gasteiger partial charge in [0.1, 0.15) is 11.8 Å². The van der Waals surface area contributed by atoms with Gasteiger partial charge in [-0.2, -0.15) is 0 Å². The number of nitrogens with two attached hydrogens (primary N) is 1. The van der Waals surface area contributed by atoms with Crippen molar-refractivity contribution < 1.29 is 4.79 Å². The van der Waals surface area contributed by atoms with Crippen molar-refractivity contribution in [1.82, 2.24) is 24.4 Å². The van der Waals surface area contributed by atoms with E-state index in [1.165, 1.54) is 6.33 Å². The minimum absolute atomic E-state index is 0.113. The zero-order valence-electron chi connectivity index (χ0n) is 18.5. The molecule has 8 heteroatoms. The maximum atomic E-state index is 13.5. The lowest BCUT2D eigenvalue weighted by Gasteiger charge is -2.10. The first kappa shape index (κ1) is 20.9. The topological polar surface area (TPSA) is 108 Å². The van der Waals surface area contributed by atoms with Crippen LogP contribution in [0, 0.1) is 6.92 Å². The number of carbonyl (C=O) groups is 1. The van der Waals surface area contributed by atoms with Crippen molar-refractivity contribution >= 4 is 22.9 Å². The van der Waals surface area contributed by atoms with Gasteiger partial charge >= 0.3 is 5.69 Å². The Morgan fingerprint density at radius 3 is 2.55 bits per heavy atom. The average Bonchev–Trinajstić information content (AvgIpc) is 3.44. The predicted molar refractivity (Wildman–Crippen MR) is 127 cm³/mol. The zero-order valence-corrected chi connectivity index (χ0v) is 18.5. The second-order valence-electron chi connectivity index (χ2n) is 8.52. The summed E-state index contributed by atoms with van der Waals surface area (Å²) >= 11 is 0. The van der Waals surface area contributed by atoms with E-state index in [1.807, 2.05) is 55.5 Å². The lowest BCUT2D eigenvalue weighted by Crippen LogP contribution is -2.26. The number of nitrogen functional groups attached to an aromatic ring is 1. The van der Waals surface area contributed by atoms with E-state index in [9.17, 15) is 9.59 Å². The Kier molecular flexibility index (Phi) is 5.42. The summed E-state index contributed by atoms with van der Waals surface area (Å²) in [7, 11) is 0. The van der Waals surface area contributed by atoms with Crippen molar-refractivity contribution in [2.45, 2.75) is 45.2 Å². The van der Waals surface area contributed by atoms with Crippen molar-refractivity contribution in [2.75, 3.05) is 5.73 Å². The molecule has 2 aromatic heterocycles. The molecule has 8 nitrogen and oxygen atoms in total. The normalized spacial score (nSPS) is 14.1. The minimum atomic E-state index is -0.148. The van der Waals surface area contributed by atoms with Gasteiger partial charge in [-0.3, -0.25) is 13.9 Å². The number of aryl methyl sites for hydroxylation is 1. The van der Waals surface area contributed by atoms with Crippen molar-refractivity contribution in [3.63, 3.8) is 0 Å². The number of amides is 1. The van der Waals surface area contributed by atoms with E-state index in [-0.39, 0.29) is 23.5 Å². The third-order valence-corrected chi connectivity index (χ3v) is 6.41. The third kappa shape index (κ3) is 3.77. The van der Waals surface area contributed by atoms with Crippen molar-refractivity contribution in [1.29, 1.82) is 0 Å². The summed E-state index contributed by atoms with van der Waals surface area (Å²) in [5.74, 6) is 0.168. The maximum absolute atomic E-state index is 13.5. The number of benzene rings is 2. The highest BCUT2D eigenvalue weighted by atomic mass is 16.2. The Balaban J connectivity index is 1.44. The van der Waals surface area contributed by atoms with Gasteiger partial charge < -0.3 is 11.1 Å². The highest BCUT2D eigenvalue weighted by Gasteiger charge is 2.26. The van der Waals surface area contributed by atoms with Crippen LogP contribution in [0.3, 0.4) is 0 Å². The summed E-state index contributed by atoms with van der Waals surface area (Å²) in [6, 6.07) is 15.2. The number of rotatable bonds is 5. The standard InChI is InChI=1S/C25H26N6O2/c1-16-6-2-5-9-20(16)24(32)27-14-17-10-12-19(13-11-17)30-21-22(26)28-15-29-23(21)31(25(30)33)18-7-3-4-8-18/h2,5-6,9-13,15,18H,3-4,7-8,14H2,1H3,(H,27,32)(H2,26,28,29). The van der Waals surface area contributed by atoms with Gasteiger partial charge in [-0.25, -0.2) is 14.8 Å². The summed E-state index contributed by atoms with van der Waals surface area (Å²) in [4.78, 5) is 34.5. The van der Waals surface area contributed by atoms with Crippen molar-refractivity contribution in [3.05, 3.63) is 82.0 Å². The molecule has 0 bridgehead atoms. The van der Waals surface area contributed by atoms with Crippen LogP contribution in [0.1, 0.15) is 53.2 Å². The quantitative estimate of drug-likeness (QED) is 0.492. The van der Waals surface area contributed by atoms with Crippen LogP contribution in [0.5, 0.6) is 0 Å². The van der Waals surface area contributed by atoms with Crippen molar-refractivity contribution in [2.24, 2.45) is 0 Å². The number of nitrogens with one attached hydrogen (secondary N) is 1. The fraction of sp³-hybridized carbons (Fsp3) is 0.280. The van der Waals surface area contributed by atoms with Gasteiger partial charge in [-0.15, -0.1) is 0 Å². The van der Waals surface area contributed by atoms with Gasteiger partial charge in [-0.05, 0) is 49.1 Å². The molecular weight excluding hydrogens is 416 g/mol. The highest BCUT2D eigenvalue weighted by molar-refractivity contribution is 5.95. The van der Waals surface area contributed by atoms with Crippen molar-refractivity contribution in [3.8, 4) is 5.69 Å². The van der Waals surface area contributed by atoms with Gasteiger partial charge in [0, 0.05) is 18.2 Å². The first-order chi connectivity index (χ1) is 16.0. The van der Waals surface area contributed by atoms with E-state index in [0.717, 1.165) is 36.8 Å². The Morgan fingerprint density at radius 1 is 1.09 bits per heavy atom. The van der Waals surface area contributed by atoms with E-state index in [2.05, 4.69) is 15.3 Å². The van der Waals surface area contributed by atoms with Crippen LogP contribution in [-0.2, 0) is 6.54 Å². The number of nitrogens with zero attached hydrogens (tertiary/aromatic N) is 4. The lowest BCUT2D eigenvalue weighted by molar-refractivity contribution is 0.0950. The Morgan fingerprint density at radius 2 is 1.82 bits per heavy atom. The van der Waals surface area contributed by atoms with Gasteiger partial charge in [0.25, 0.3) is 5.91 Å². The van der Waals surface area contributed by atoms with E-state index in [0.29, 0.717) is 29.0 Å². The van der Waals surface area contributed by atoms with Crippen LogP contribution < -0.4 is 16.7 Å². The second-order valence-corrected chi connectivity index (χ2v) is 8.52. The number of carbonyl (C=O) groups excluding carboxylic acids is 1. The van der Waals surface area contributed by atoms with E-state index in [4.69, 9.17) is 5.73 Å². The molecule has 0 unspecified atom stereocenters. The summed E-state index contributed by atoms with van der Waals surface area (Å²) in [6.07, 6.45) is 5.54. The van der Waals surface area contributed by atoms with Gasteiger partial charge in [0.05, 0.1) is 5.69 Å². The molecule has 1 aliphatic carbocycles. The molecule has 168 valence electrons. The molecule has 3 N–H and O–H groups in total. The first-order valence-corrected chi connectivity index (χ1v) is 11.2. The third-order valence-electron chi connectivity index (χ3n) is 6.41. The minimum Gasteiger partial charge on any atom is -0.382 e. The Hall–Kier alpha value is -3.94. The van der Waals surface area contributed by atoms with Crippen LogP contribution in [0.15, 0.2) is 59.7 Å². The highest BCUT2D eigenvalue weighted by Crippen LogP contribution is 2.32. The summed E-state index contributed by atoms with van der Waals surface area (Å²) in [6.45, 7) is 2.30. The fourth-order valence-electron chi connectivity index (χ4n) is 4.67. The predicted octanol–water partition coefficient (Wildman–Crippen LogP) is 3.52. The average molecular weight is 443 g/mol. The lowest BCUT2D eigenvalue weighted by atomic mass is 10.1. The van der Waals surface area contributed by atoms with E-state index < -0.39 is 0 Å². The smallest absolute Gasteiger partial charge is 0.335 e. The molecule has 1 aliphatic rings. The molecule has 0 radical (unpaired) electrons. The SMILES string of the molecule is Cc1ccccc1C(=O)NCc1ccc(-n2c(=O)n(C3CCCC3)c3ncnc(N)c32)cc1. The zero-order chi connectivity index (χ0) is 22.9. The van der Waals surface area contributed by atoms with Crippen LogP contribution in [-0.4, -0.2) is 25.0 Å².